The molecule has 1 N–H and O–H groups in total. The van der Waals surface area contributed by atoms with Gasteiger partial charge in [-0.3, -0.25) is 0 Å². The first kappa shape index (κ1) is 15.4. The lowest BCUT2D eigenvalue weighted by molar-refractivity contribution is 0.104. The Bertz CT molecular complexity index is 368. The first-order chi connectivity index (χ1) is 9.24. The molecular weight excluding hydrogens is 324 g/mol. The van der Waals surface area contributed by atoms with E-state index in [1.54, 1.807) is 11.3 Å². The van der Waals surface area contributed by atoms with Crippen LogP contribution in [0.3, 0.4) is 0 Å². The molecule has 0 saturated heterocycles. The summed E-state index contributed by atoms with van der Waals surface area (Å²) in [6.07, 6.45) is 2.75. The molecule has 1 aliphatic rings. The van der Waals surface area contributed by atoms with E-state index in [2.05, 4.69) is 44.6 Å². The van der Waals surface area contributed by atoms with Crippen LogP contribution in [-0.4, -0.2) is 44.8 Å². The van der Waals surface area contributed by atoms with Crippen molar-refractivity contribution in [2.75, 3.05) is 39.9 Å². The first-order valence-electron chi connectivity index (χ1n) is 6.94. The van der Waals surface area contributed by atoms with Crippen LogP contribution in [0.5, 0.6) is 0 Å². The highest BCUT2D eigenvalue weighted by Gasteiger charge is 2.20. The van der Waals surface area contributed by atoms with Crippen molar-refractivity contribution in [2.45, 2.75) is 19.4 Å². The van der Waals surface area contributed by atoms with Crippen LogP contribution in [-0.2, 0) is 11.3 Å². The number of likely N-dealkylation sites (N-methyl/N-ethyl adjacent to an activating group) is 1. The van der Waals surface area contributed by atoms with E-state index in [1.165, 1.54) is 22.2 Å². The summed E-state index contributed by atoms with van der Waals surface area (Å²) in [4.78, 5) is 3.70. The van der Waals surface area contributed by atoms with E-state index in [-0.39, 0.29) is 0 Å². The molecule has 1 aromatic rings. The Hall–Kier alpha value is 0.0600. The molecule has 1 heterocycles. The molecule has 3 nitrogen and oxygen atoms in total. The Morgan fingerprint density at radius 1 is 1.47 bits per heavy atom. The Morgan fingerprint density at radius 2 is 2.32 bits per heavy atom. The molecule has 0 radical (unpaired) electrons. The number of nitrogens with one attached hydrogen (secondary N) is 1. The predicted molar refractivity (Wildman–Crippen MR) is 84.8 cm³/mol. The Balaban J connectivity index is 1.43. The van der Waals surface area contributed by atoms with Crippen molar-refractivity contribution in [3.63, 3.8) is 0 Å². The van der Waals surface area contributed by atoms with Crippen molar-refractivity contribution in [3.8, 4) is 0 Å². The number of ether oxygens (including phenoxy) is 1. The molecule has 0 aromatic carbocycles. The number of halogens is 1. The highest BCUT2D eigenvalue weighted by molar-refractivity contribution is 9.10. The summed E-state index contributed by atoms with van der Waals surface area (Å²) in [5, 5.41) is 5.60. The van der Waals surface area contributed by atoms with Crippen LogP contribution in [0.4, 0.5) is 0 Å². The second-order valence-corrected chi connectivity index (χ2v) is 7.14. The summed E-state index contributed by atoms with van der Waals surface area (Å²) in [5.41, 5.74) is 0. The Morgan fingerprint density at radius 3 is 3.00 bits per heavy atom. The summed E-state index contributed by atoms with van der Waals surface area (Å²) in [7, 11) is 2.16. The summed E-state index contributed by atoms with van der Waals surface area (Å²) < 4.78 is 6.82. The lowest BCUT2D eigenvalue weighted by Crippen LogP contribution is -2.31. The summed E-state index contributed by atoms with van der Waals surface area (Å²) >= 11 is 5.27. The van der Waals surface area contributed by atoms with Crippen molar-refractivity contribution in [3.05, 3.63) is 20.8 Å². The maximum Gasteiger partial charge on any atom is 0.0593 e. The SMILES string of the molecule is CN(CCNCc1cc(Br)cs1)CCOCC1CC1. The highest BCUT2D eigenvalue weighted by Crippen LogP contribution is 2.28. The molecule has 0 spiro atoms. The average molecular weight is 347 g/mol. The van der Waals surface area contributed by atoms with Crippen LogP contribution in [0.15, 0.2) is 15.9 Å². The van der Waals surface area contributed by atoms with Crippen LogP contribution >= 0.6 is 27.3 Å². The molecule has 0 amide bonds. The molecule has 1 aromatic heterocycles. The molecule has 0 aliphatic heterocycles. The van der Waals surface area contributed by atoms with Gasteiger partial charge in [0.05, 0.1) is 6.61 Å². The number of thiophene rings is 1. The van der Waals surface area contributed by atoms with E-state index in [0.717, 1.165) is 45.3 Å². The lowest BCUT2D eigenvalue weighted by Gasteiger charge is -2.16. The van der Waals surface area contributed by atoms with Gasteiger partial charge >= 0.3 is 0 Å². The fourth-order valence-corrected chi connectivity index (χ4v) is 3.22. The average Bonchev–Trinajstić information content (AvgIpc) is 3.13. The topological polar surface area (TPSA) is 24.5 Å². The minimum absolute atomic E-state index is 0.866. The minimum Gasteiger partial charge on any atom is -0.380 e. The van der Waals surface area contributed by atoms with Crippen molar-refractivity contribution in [2.24, 2.45) is 5.92 Å². The zero-order valence-electron chi connectivity index (χ0n) is 11.5. The van der Waals surface area contributed by atoms with Crippen LogP contribution in [0.25, 0.3) is 0 Å². The van der Waals surface area contributed by atoms with Crippen molar-refractivity contribution in [1.82, 2.24) is 10.2 Å². The van der Waals surface area contributed by atoms with Crippen LogP contribution < -0.4 is 5.32 Å². The maximum absolute atomic E-state index is 5.64. The lowest BCUT2D eigenvalue weighted by atomic mass is 10.4. The predicted octanol–water partition coefficient (Wildman–Crippen LogP) is 2.96. The second-order valence-electron chi connectivity index (χ2n) is 5.23. The molecule has 0 atom stereocenters. The molecule has 5 heteroatoms. The van der Waals surface area contributed by atoms with Crippen molar-refractivity contribution < 1.29 is 4.74 Å². The normalized spacial score (nSPS) is 15.3. The molecular formula is C14H23BrN2OS. The maximum atomic E-state index is 5.64. The monoisotopic (exact) mass is 346 g/mol. The molecule has 1 fully saturated rings. The van der Waals surface area contributed by atoms with E-state index in [9.17, 15) is 0 Å². The van der Waals surface area contributed by atoms with Gasteiger partial charge in [0.15, 0.2) is 0 Å². The van der Waals surface area contributed by atoms with Gasteiger partial charge in [-0.1, -0.05) is 0 Å². The molecule has 1 aliphatic carbocycles. The Labute approximate surface area is 128 Å². The summed E-state index contributed by atoms with van der Waals surface area (Å²) in [5.74, 6) is 0.872. The third-order valence-electron chi connectivity index (χ3n) is 3.26. The number of rotatable bonds is 10. The van der Waals surface area contributed by atoms with Gasteiger partial charge in [0.2, 0.25) is 0 Å². The summed E-state index contributed by atoms with van der Waals surface area (Å²) in [6.45, 7) is 5.92. The Kier molecular flexibility index (Phi) is 6.81. The third kappa shape index (κ3) is 6.86. The first-order valence-corrected chi connectivity index (χ1v) is 8.61. The number of hydrogen-bond acceptors (Lipinski definition) is 4. The molecule has 1 saturated carbocycles. The van der Waals surface area contributed by atoms with Crippen LogP contribution in [0, 0.1) is 5.92 Å². The van der Waals surface area contributed by atoms with Gasteiger partial charge in [-0.15, -0.1) is 11.3 Å². The molecule has 19 heavy (non-hydrogen) atoms. The number of hydrogen-bond donors (Lipinski definition) is 1. The largest absolute Gasteiger partial charge is 0.380 e. The fraction of sp³-hybridized carbons (Fsp3) is 0.714. The van der Waals surface area contributed by atoms with Gasteiger partial charge in [0.1, 0.15) is 0 Å². The minimum atomic E-state index is 0.866. The van der Waals surface area contributed by atoms with Gasteiger partial charge in [-0.05, 0) is 47.8 Å². The van der Waals surface area contributed by atoms with Crippen molar-refractivity contribution in [1.29, 1.82) is 0 Å². The van der Waals surface area contributed by atoms with E-state index in [0.29, 0.717) is 0 Å². The summed E-state index contributed by atoms with van der Waals surface area (Å²) in [6, 6.07) is 2.17. The second kappa shape index (κ2) is 8.37. The highest BCUT2D eigenvalue weighted by atomic mass is 79.9. The van der Waals surface area contributed by atoms with E-state index >= 15 is 0 Å². The quantitative estimate of drug-likeness (QED) is 0.659. The van der Waals surface area contributed by atoms with Gasteiger partial charge in [0, 0.05) is 47.5 Å². The zero-order chi connectivity index (χ0) is 13.5. The zero-order valence-corrected chi connectivity index (χ0v) is 13.9. The van der Waals surface area contributed by atoms with E-state index in [4.69, 9.17) is 4.74 Å². The van der Waals surface area contributed by atoms with E-state index in [1.807, 2.05) is 0 Å². The fourth-order valence-electron chi connectivity index (χ4n) is 1.79. The van der Waals surface area contributed by atoms with Crippen LogP contribution in [0.2, 0.25) is 0 Å². The van der Waals surface area contributed by atoms with Crippen LogP contribution in [0.1, 0.15) is 17.7 Å². The van der Waals surface area contributed by atoms with Gasteiger partial charge in [-0.25, -0.2) is 0 Å². The smallest absolute Gasteiger partial charge is 0.0593 e. The number of nitrogens with zero attached hydrogens (tertiary/aromatic N) is 1. The molecule has 2 rings (SSSR count). The molecule has 0 bridgehead atoms. The van der Waals surface area contributed by atoms with E-state index < -0.39 is 0 Å². The van der Waals surface area contributed by atoms with Crippen molar-refractivity contribution >= 4 is 27.3 Å². The molecule has 108 valence electrons. The molecule has 0 unspecified atom stereocenters. The van der Waals surface area contributed by atoms with Gasteiger partial charge < -0.3 is 15.0 Å². The third-order valence-corrected chi connectivity index (χ3v) is 4.96. The van der Waals surface area contributed by atoms with Gasteiger partial charge in [0.25, 0.3) is 0 Å². The standard InChI is InChI=1S/C14H23BrN2OS/c1-17(6-7-18-10-12-2-3-12)5-4-16-9-14-8-13(15)11-19-14/h8,11-12,16H,2-7,9-10H2,1H3. The van der Waals surface area contributed by atoms with Gasteiger partial charge in [-0.2, -0.15) is 0 Å².